The molecule has 2 heterocycles. The average molecular weight is 439 g/mol. The van der Waals surface area contributed by atoms with Crippen molar-refractivity contribution in [1.29, 1.82) is 0 Å². The minimum atomic E-state index is -3.62. The van der Waals surface area contributed by atoms with Crippen molar-refractivity contribution >= 4 is 9.84 Å². The van der Waals surface area contributed by atoms with Crippen LogP contribution in [0.2, 0.25) is 0 Å². The highest BCUT2D eigenvalue weighted by Crippen LogP contribution is 2.34. The summed E-state index contributed by atoms with van der Waals surface area (Å²) in [6, 6.07) is 16.9. The molecular weight excluding hydrogens is 421 g/mol. The first-order valence-electron chi connectivity index (χ1n) is 9.31. The SMILES string of the molecule is CS(=O)(=O)c1nccc(-c2c(-c3ccc(F)cc3)noc2COCc2ccccc2)n1. The smallest absolute Gasteiger partial charge is 0.247 e. The molecule has 0 bridgehead atoms. The van der Waals surface area contributed by atoms with Gasteiger partial charge in [0.1, 0.15) is 18.1 Å². The molecule has 0 unspecified atom stereocenters. The summed E-state index contributed by atoms with van der Waals surface area (Å²) in [6.45, 7) is 0.432. The Kier molecular flexibility index (Phi) is 5.88. The van der Waals surface area contributed by atoms with Crippen molar-refractivity contribution in [1.82, 2.24) is 15.1 Å². The summed E-state index contributed by atoms with van der Waals surface area (Å²) in [4.78, 5) is 8.02. The van der Waals surface area contributed by atoms with Gasteiger partial charge in [-0.1, -0.05) is 35.5 Å². The van der Waals surface area contributed by atoms with Crippen LogP contribution < -0.4 is 0 Å². The van der Waals surface area contributed by atoms with E-state index in [1.54, 1.807) is 18.2 Å². The third-order valence-corrected chi connectivity index (χ3v) is 5.31. The summed E-state index contributed by atoms with van der Waals surface area (Å²) in [6.07, 6.45) is 2.39. The van der Waals surface area contributed by atoms with E-state index in [4.69, 9.17) is 9.26 Å². The van der Waals surface area contributed by atoms with Crippen molar-refractivity contribution in [3.63, 3.8) is 0 Å². The predicted molar refractivity (Wildman–Crippen MR) is 111 cm³/mol. The molecule has 0 aliphatic rings. The van der Waals surface area contributed by atoms with Crippen molar-refractivity contribution in [2.45, 2.75) is 18.4 Å². The molecule has 0 spiro atoms. The van der Waals surface area contributed by atoms with Gasteiger partial charge in [0, 0.05) is 18.0 Å². The second-order valence-electron chi connectivity index (χ2n) is 6.81. The summed E-state index contributed by atoms with van der Waals surface area (Å²) >= 11 is 0. The first kappa shape index (κ1) is 20.8. The van der Waals surface area contributed by atoms with Crippen molar-refractivity contribution in [2.75, 3.05) is 6.26 Å². The molecule has 0 saturated heterocycles. The average Bonchev–Trinajstić information content (AvgIpc) is 3.18. The van der Waals surface area contributed by atoms with Crippen molar-refractivity contribution in [2.24, 2.45) is 0 Å². The van der Waals surface area contributed by atoms with Crippen molar-refractivity contribution < 1.29 is 22.1 Å². The fraction of sp³-hybridized carbons (Fsp3) is 0.136. The highest BCUT2D eigenvalue weighted by Gasteiger charge is 2.22. The number of hydrogen-bond acceptors (Lipinski definition) is 7. The molecule has 31 heavy (non-hydrogen) atoms. The number of aromatic nitrogens is 3. The van der Waals surface area contributed by atoms with E-state index in [-0.39, 0.29) is 17.6 Å². The molecule has 0 radical (unpaired) electrons. The third kappa shape index (κ3) is 4.84. The largest absolute Gasteiger partial charge is 0.369 e. The van der Waals surface area contributed by atoms with Gasteiger partial charge in [-0.15, -0.1) is 0 Å². The lowest BCUT2D eigenvalue weighted by atomic mass is 10.0. The van der Waals surface area contributed by atoms with Crippen LogP contribution in [0.25, 0.3) is 22.5 Å². The van der Waals surface area contributed by atoms with Gasteiger partial charge in [-0.25, -0.2) is 22.8 Å². The van der Waals surface area contributed by atoms with Gasteiger partial charge in [-0.3, -0.25) is 0 Å². The molecule has 9 heteroatoms. The summed E-state index contributed by atoms with van der Waals surface area (Å²) in [5.41, 5.74) is 2.76. The normalized spacial score (nSPS) is 11.5. The van der Waals surface area contributed by atoms with Crippen molar-refractivity contribution in [3.05, 3.63) is 84.0 Å². The Labute approximate surface area is 178 Å². The molecule has 0 fully saturated rings. The van der Waals surface area contributed by atoms with E-state index < -0.39 is 9.84 Å². The molecule has 0 amide bonds. The Morgan fingerprint density at radius 1 is 1.00 bits per heavy atom. The Hall–Kier alpha value is -3.43. The summed E-state index contributed by atoms with van der Waals surface area (Å²) in [5.74, 6) is -0.0185. The predicted octanol–water partition coefficient (Wildman–Crippen LogP) is 4.06. The molecule has 2 aromatic carbocycles. The molecule has 2 aromatic heterocycles. The van der Waals surface area contributed by atoms with Gasteiger partial charge in [0.25, 0.3) is 0 Å². The Morgan fingerprint density at radius 2 is 1.74 bits per heavy atom. The molecule has 158 valence electrons. The van der Waals surface area contributed by atoms with Gasteiger partial charge >= 0.3 is 0 Å². The lowest BCUT2D eigenvalue weighted by Crippen LogP contribution is -2.05. The van der Waals surface area contributed by atoms with Crippen molar-refractivity contribution in [3.8, 4) is 22.5 Å². The van der Waals surface area contributed by atoms with Crippen LogP contribution in [0.4, 0.5) is 4.39 Å². The van der Waals surface area contributed by atoms with Crippen LogP contribution in [0.3, 0.4) is 0 Å². The van der Waals surface area contributed by atoms with Crippen LogP contribution in [-0.4, -0.2) is 29.8 Å². The maximum Gasteiger partial charge on any atom is 0.247 e. The van der Waals surface area contributed by atoms with Crippen LogP contribution in [-0.2, 0) is 27.8 Å². The van der Waals surface area contributed by atoms with E-state index in [0.29, 0.717) is 34.9 Å². The van der Waals surface area contributed by atoms with E-state index in [1.165, 1.54) is 18.3 Å². The summed E-state index contributed by atoms with van der Waals surface area (Å²) in [7, 11) is -3.62. The number of benzene rings is 2. The molecule has 4 rings (SSSR count). The number of hydrogen-bond donors (Lipinski definition) is 0. The van der Waals surface area contributed by atoms with Gasteiger partial charge in [0.2, 0.25) is 15.0 Å². The van der Waals surface area contributed by atoms with Gasteiger partial charge in [-0.05, 0) is 35.9 Å². The van der Waals surface area contributed by atoms with E-state index in [0.717, 1.165) is 11.8 Å². The van der Waals surface area contributed by atoms with Gasteiger partial charge in [0.15, 0.2) is 5.76 Å². The van der Waals surface area contributed by atoms with Crippen LogP contribution in [0.15, 0.2) is 76.5 Å². The lowest BCUT2D eigenvalue weighted by molar-refractivity contribution is 0.0888. The molecule has 0 saturated carbocycles. The maximum atomic E-state index is 13.4. The molecule has 4 aromatic rings. The fourth-order valence-electron chi connectivity index (χ4n) is 2.99. The second-order valence-corrected chi connectivity index (χ2v) is 8.72. The third-order valence-electron chi connectivity index (χ3n) is 4.45. The zero-order valence-corrected chi connectivity index (χ0v) is 17.3. The first-order chi connectivity index (χ1) is 14.9. The summed E-state index contributed by atoms with van der Waals surface area (Å²) in [5, 5.41) is 3.81. The standard InChI is InChI=1S/C22H18FN3O4S/c1-31(27,28)22-24-12-11-18(25-22)20-19(14-29-13-15-5-3-2-4-6-15)30-26-21(20)16-7-9-17(23)10-8-16/h2-12H,13-14H2,1H3. The quantitative estimate of drug-likeness (QED) is 0.401. The fourth-order valence-corrected chi connectivity index (χ4v) is 3.50. The molecule has 0 N–H and O–H groups in total. The maximum absolute atomic E-state index is 13.4. The zero-order chi connectivity index (χ0) is 21.8. The Bertz CT molecular complexity index is 1290. The highest BCUT2D eigenvalue weighted by molar-refractivity contribution is 7.90. The minimum absolute atomic E-state index is 0.0800. The number of rotatable bonds is 7. The number of nitrogens with zero attached hydrogens (tertiary/aromatic N) is 3. The van der Waals surface area contributed by atoms with E-state index >= 15 is 0 Å². The first-order valence-corrected chi connectivity index (χ1v) is 11.2. The Balaban J connectivity index is 1.73. The molecule has 0 atom stereocenters. The zero-order valence-electron chi connectivity index (χ0n) is 16.5. The molecule has 7 nitrogen and oxygen atoms in total. The van der Waals surface area contributed by atoms with E-state index in [2.05, 4.69) is 15.1 Å². The van der Waals surface area contributed by atoms with Gasteiger partial charge in [0.05, 0.1) is 17.9 Å². The van der Waals surface area contributed by atoms with Crippen LogP contribution in [0, 0.1) is 5.82 Å². The number of halogens is 1. The van der Waals surface area contributed by atoms with Gasteiger partial charge < -0.3 is 9.26 Å². The van der Waals surface area contributed by atoms with Crippen LogP contribution in [0.5, 0.6) is 0 Å². The van der Waals surface area contributed by atoms with E-state index in [9.17, 15) is 12.8 Å². The van der Waals surface area contributed by atoms with Crippen LogP contribution >= 0.6 is 0 Å². The number of ether oxygens (including phenoxy) is 1. The molecule has 0 aliphatic carbocycles. The topological polar surface area (TPSA) is 95.2 Å². The molecular formula is C22H18FN3O4S. The highest BCUT2D eigenvalue weighted by atomic mass is 32.2. The monoisotopic (exact) mass is 439 g/mol. The van der Waals surface area contributed by atoms with Crippen LogP contribution in [0.1, 0.15) is 11.3 Å². The van der Waals surface area contributed by atoms with E-state index in [1.807, 2.05) is 30.3 Å². The number of sulfone groups is 1. The minimum Gasteiger partial charge on any atom is -0.369 e. The lowest BCUT2D eigenvalue weighted by Gasteiger charge is -2.07. The van der Waals surface area contributed by atoms with Gasteiger partial charge in [-0.2, -0.15) is 0 Å². The second kappa shape index (κ2) is 8.75. The molecule has 0 aliphatic heterocycles. The summed E-state index contributed by atoms with van der Waals surface area (Å²) < 4.78 is 48.6. The Morgan fingerprint density at radius 3 is 2.45 bits per heavy atom.